The largest absolute Gasteiger partial charge is 0.417 e. The maximum Gasteiger partial charge on any atom is 0.417 e. The molecule has 116 valence electrons. The lowest BCUT2D eigenvalue weighted by molar-refractivity contribution is -0.137. The Kier molecular flexibility index (Phi) is 4.29. The van der Waals surface area contributed by atoms with Gasteiger partial charge in [-0.25, -0.2) is 0 Å². The normalized spacial score (nSPS) is 20.1. The zero-order chi connectivity index (χ0) is 15.6. The predicted molar refractivity (Wildman–Crippen MR) is 74.6 cm³/mol. The predicted octanol–water partition coefficient (Wildman–Crippen LogP) is 3.04. The smallest absolute Gasteiger partial charge is 0.409 e. The topological polar surface area (TPSA) is 61.8 Å². The SMILES string of the molecule is CCC1CCN(c2ccc(/C(N)=N/O)c(C(F)(F)F)c2)C1. The van der Waals surface area contributed by atoms with Gasteiger partial charge in [-0.3, -0.25) is 0 Å². The van der Waals surface area contributed by atoms with E-state index in [2.05, 4.69) is 12.1 Å². The zero-order valence-electron chi connectivity index (χ0n) is 11.7. The number of anilines is 1. The Morgan fingerprint density at radius 1 is 1.48 bits per heavy atom. The second-order valence-electron chi connectivity index (χ2n) is 5.22. The van der Waals surface area contributed by atoms with Crippen LogP contribution in [0, 0.1) is 5.92 Å². The van der Waals surface area contributed by atoms with Crippen LogP contribution >= 0.6 is 0 Å². The molecule has 0 spiro atoms. The van der Waals surface area contributed by atoms with Crippen molar-refractivity contribution in [3.8, 4) is 0 Å². The van der Waals surface area contributed by atoms with Gasteiger partial charge in [0, 0.05) is 24.3 Å². The molecule has 0 aromatic heterocycles. The molecule has 4 nitrogen and oxygen atoms in total. The number of alkyl halides is 3. The van der Waals surface area contributed by atoms with Crippen LogP contribution in [0.4, 0.5) is 18.9 Å². The van der Waals surface area contributed by atoms with Crippen molar-refractivity contribution in [1.29, 1.82) is 0 Å². The summed E-state index contributed by atoms with van der Waals surface area (Å²) in [5.74, 6) is -0.0233. The number of amidine groups is 1. The van der Waals surface area contributed by atoms with Crippen molar-refractivity contribution in [2.24, 2.45) is 16.8 Å². The van der Waals surface area contributed by atoms with E-state index in [1.54, 1.807) is 6.07 Å². The Bertz CT molecular complexity index is 543. The number of nitrogens with zero attached hydrogens (tertiary/aromatic N) is 2. The summed E-state index contributed by atoms with van der Waals surface area (Å²) in [4.78, 5) is 1.94. The lowest BCUT2D eigenvalue weighted by Gasteiger charge is -2.21. The molecule has 1 heterocycles. The van der Waals surface area contributed by atoms with E-state index in [-0.39, 0.29) is 5.56 Å². The summed E-state index contributed by atoms with van der Waals surface area (Å²) in [6.45, 7) is 3.59. The van der Waals surface area contributed by atoms with Crippen molar-refractivity contribution in [3.05, 3.63) is 29.3 Å². The summed E-state index contributed by atoms with van der Waals surface area (Å²) < 4.78 is 39.4. The van der Waals surface area contributed by atoms with Gasteiger partial charge >= 0.3 is 6.18 Å². The van der Waals surface area contributed by atoms with Gasteiger partial charge in [0.15, 0.2) is 5.84 Å². The monoisotopic (exact) mass is 301 g/mol. The highest BCUT2D eigenvalue weighted by molar-refractivity contribution is 5.99. The van der Waals surface area contributed by atoms with E-state index < -0.39 is 17.6 Å². The third-order valence-corrected chi connectivity index (χ3v) is 3.92. The average Bonchev–Trinajstić information content (AvgIpc) is 2.93. The van der Waals surface area contributed by atoms with Crippen molar-refractivity contribution in [1.82, 2.24) is 0 Å². The van der Waals surface area contributed by atoms with Gasteiger partial charge < -0.3 is 15.8 Å². The van der Waals surface area contributed by atoms with E-state index >= 15 is 0 Å². The number of benzene rings is 1. The van der Waals surface area contributed by atoms with E-state index in [0.29, 0.717) is 11.6 Å². The molecule has 1 aliphatic rings. The first-order valence-corrected chi connectivity index (χ1v) is 6.81. The summed E-state index contributed by atoms with van der Waals surface area (Å²) >= 11 is 0. The first-order chi connectivity index (χ1) is 9.86. The molecule has 3 N–H and O–H groups in total. The summed E-state index contributed by atoms with van der Waals surface area (Å²) in [6, 6.07) is 3.92. The van der Waals surface area contributed by atoms with E-state index in [1.165, 1.54) is 6.07 Å². The van der Waals surface area contributed by atoms with Crippen LogP contribution in [0.2, 0.25) is 0 Å². The molecule has 0 saturated carbocycles. The van der Waals surface area contributed by atoms with Gasteiger partial charge in [0.05, 0.1) is 5.56 Å². The molecule has 2 rings (SSSR count). The Labute approximate surface area is 121 Å². The lowest BCUT2D eigenvalue weighted by Crippen LogP contribution is -2.23. The molecule has 7 heteroatoms. The van der Waals surface area contributed by atoms with E-state index in [0.717, 1.165) is 32.0 Å². The van der Waals surface area contributed by atoms with Crippen LogP contribution in [-0.2, 0) is 6.18 Å². The third-order valence-electron chi connectivity index (χ3n) is 3.92. The van der Waals surface area contributed by atoms with Crippen molar-refractivity contribution >= 4 is 11.5 Å². The molecule has 1 aliphatic heterocycles. The number of nitrogens with two attached hydrogens (primary N) is 1. The van der Waals surface area contributed by atoms with Crippen LogP contribution in [0.1, 0.15) is 30.9 Å². The Morgan fingerprint density at radius 3 is 2.71 bits per heavy atom. The van der Waals surface area contributed by atoms with Gasteiger partial charge in [0.2, 0.25) is 0 Å². The minimum Gasteiger partial charge on any atom is -0.409 e. The van der Waals surface area contributed by atoms with Gasteiger partial charge in [0.1, 0.15) is 0 Å². The second-order valence-corrected chi connectivity index (χ2v) is 5.22. The number of hydrogen-bond acceptors (Lipinski definition) is 3. The first kappa shape index (κ1) is 15.5. The van der Waals surface area contributed by atoms with E-state index in [9.17, 15) is 13.2 Å². The maximum atomic E-state index is 13.1. The van der Waals surface area contributed by atoms with Gasteiger partial charge in [-0.05, 0) is 30.5 Å². The van der Waals surface area contributed by atoms with Crippen LogP contribution in [0.15, 0.2) is 23.4 Å². The molecular weight excluding hydrogens is 283 g/mol. The molecule has 0 aliphatic carbocycles. The molecule has 1 saturated heterocycles. The number of oxime groups is 1. The van der Waals surface area contributed by atoms with Crippen molar-refractivity contribution in [2.45, 2.75) is 25.9 Å². The highest BCUT2D eigenvalue weighted by Crippen LogP contribution is 2.36. The first-order valence-electron chi connectivity index (χ1n) is 6.81. The fourth-order valence-corrected chi connectivity index (χ4v) is 2.64. The van der Waals surface area contributed by atoms with Crippen LogP contribution in [0.5, 0.6) is 0 Å². The molecule has 1 unspecified atom stereocenters. The quantitative estimate of drug-likeness (QED) is 0.390. The summed E-state index contributed by atoms with van der Waals surface area (Å²) in [7, 11) is 0. The van der Waals surface area contributed by atoms with E-state index in [1.807, 2.05) is 4.90 Å². The van der Waals surface area contributed by atoms with Gasteiger partial charge in [-0.2, -0.15) is 13.2 Å². The molecule has 1 aromatic rings. The zero-order valence-corrected chi connectivity index (χ0v) is 11.7. The van der Waals surface area contributed by atoms with E-state index in [4.69, 9.17) is 10.9 Å². The Morgan fingerprint density at radius 2 is 2.19 bits per heavy atom. The molecule has 0 amide bonds. The molecule has 21 heavy (non-hydrogen) atoms. The van der Waals surface area contributed by atoms with Gasteiger partial charge in [-0.1, -0.05) is 18.5 Å². The van der Waals surface area contributed by atoms with Crippen molar-refractivity contribution in [3.63, 3.8) is 0 Å². The van der Waals surface area contributed by atoms with Crippen LogP contribution in [0.25, 0.3) is 0 Å². The molecule has 1 aromatic carbocycles. The molecule has 1 atom stereocenters. The van der Waals surface area contributed by atoms with Crippen LogP contribution in [0.3, 0.4) is 0 Å². The summed E-state index contributed by atoms with van der Waals surface area (Å²) in [5, 5.41) is 11.3. The summed E-state index contributed by atoms with van der Waals surface area (Å²) in [5.41, 5.74) is 4.66. The fourth-order valence-electron chi connectivity index (χ4n) is 2.64. The average molecular weight is 301 g/mol. The molecular formula is C14H18F3N3O. The second kappa shape index (κ2) is 5.83. The maximum absolute atomic E-state index is 13.1. The molecule has 0 radical (unpaired) electrons. The lowest BCUT2D eigenvalue weighted by atomic mass is 10.0. The number of hydrogen-bond donors (Lipinski definition) is 2. The highest BCUT2D eigenvalue weighted by Gasteiger charge is 2.35. The van der Waals surface area contributed by atoms with Crippen molar-refractivity contribution < 1.29 is 18.4 Å². The minimum atomic E-state index is -4.55. The van der Waals surface area contributed by atoms with Crippen LogP contribution < -0.4 is 10.6 Å². The Hall–Kier alpha value is -1.92. The molecule has 0 bridgehead atoms. The van der Waals surface area contributed by atoms with Gasteiger partial charge in [0.25, 0.3) is 0 Å². The molecule has 1 fully saturated rings. The third kappa shape index (κ3) is 3.22. The van der Waals surface area contributed by atoms with Gasteiger partial charge in [-0.15, -0.1) is 0 Å². The number of halogens is 3. The summed E-state index contributed by atoms with van der Waals surface area (Å²) in [6.07, 6.45) is -2.55. The minimum absolute atomic E-state index is 0.306. The number of rotatable bonds is 3. The standard InChI is InChI=1S/C14H18F3N3O/c1-2-9-5-6-20(8-9)10-3-4-11(13(18)19-21)12(7-10)14(15,16)17/h3-4,7,9,21H,2,5-6,8H2,1H3,(H2,18,19). The van der Waals surface area contributed by atoms with Crippen LogP contribution in [-0.4, -0.2) is 24.1 Å². The fraction of sp³-hybridized carbons (Fsp3) is 0.500. The highest BCUT2D eigenvalue weighted by atomic mass is 19.4. The van der Waals surface area contributed by atoms with Crippen molar-refractivity contribution in [2.75, 3.05) is 18.0 Å². The Balaban J connectivity index is 2.39.